The highest BCUT2D eigenvalue weighted by atomic mass is 16.5. The molecule has 0 radical (unpaired) electrons. The van der Waals surface area contributed by atoms with E-state index in [9.17, 15) is 0 Å². The van der Waals surface area contributed by atoms with Crippen molar-refractivity contribution in [3.8, 4) is 17.4 Å². The van der Waals surface area contributed by atoms with E-state index in [0.29, 0.717) is 12.5 Å². The molecule has 1 aromatic carbocycles. The summed E-state index contributed by atoms with van der Waals surface area (Å²) in [6, 6.07) is 11.5. The summed E-state index contributed by atoms with van der Waals surface area (Å²) >= 11 is 0. The molecule has 0 saturated heterocycles. The molecule has 0 atom stereocenters. The number of hydrogen-bond acceptors (Lipinski definition) is 4. The monoisotopic (exact) mass is 286 g/mol. The number of ether oxygens (including phenoxy) is 2. The van der Waals surface area contributed by atoms with Gasteiger partial charge in [0.15, 0.2) is 0 Å². The Morgan fingerprint density at radius 2 is 1.81 bits per heavy atom. The lowest BCUT2D eigenvalue weighted by molar-refractivity contribution is 0.339. The van der Waals surface area contributed by atoms with E-state index in [1.165, 1.54) is 0 Å². The molecule has 0 spiro atoms. The Bertz CT molecular complexity index is 541. The van der Waals surface area contributed by atoms with Crippen molar-refractivity contribution in [1.29, 1.82) is 0 Å². The molecule has 2 rings (SSSR count). The van der Waals surface area contributed by atoms with E-state index in [4.69, 9.17) is 9.47 Å². The summed E-state index contributed by atoms with van der Waals surface area (Å²) in [5.74, 6) is 2.25. The molecule has 0 fully saturated rings. The summed E-state index contributed by atoms with van der Waals surface area (Å²) in [6.45, 7) is 6.51. The fourth-order valence-electron chi connectivity index (χ4n) is 1.93. The highest BCUT2D eigenvalue weighted by molar-refractivity contribution is 5.35. The number of nitrogens with one attached hydrogen (secondary N) is 1. The third-order valence-corrected chi connectivity index (χ3v) is 2.94. The zero-order valence-corrected chi connectivity index (χ0v) is 12.6. The fraction of sp³-hybridized carbons (Fsp3) is 0.353. The second kappa shape index (κ2) is 8.27. The van der Waals surface area contributed by atoms with E-state index < -0.39 is 0 Å². The van der Waals surface area contributed by atoms with E-state index >= 15 is 0 Å². The van der Waals surface area contributed by atoms with Crippen LogP contribution >= 0.6 is 0 Å². The molecular formula is C17H22N2O2. The van der Waals surface area contributed by atoms with Crippen LogP contribution in [0.4, 0.5) is 0 Å². The van der Waals surface area contributed by atoms with Gasteiger partial charge in [0.05, 0.1) is 6.61 Å². The SMILES string of the molecule is CCCNCc1cccnc1Oc1ccc(OCC)cc1. The number of hydrogen-bond donors (Lipinski definition) is 1. The zero-order valence-electron chi connectivity index (χ0n) is 12.6. The van der Waals surface area contributed by atoms with Gasteiger partial charge in [-0.3, -0.25) is 0 Å². The summed E-state index contributed by atoms with van der Waals surface area (Å²) in [5.41, 5.74) is 1.06. The topological polar surface area (TPSA) is 43.4 Å². The Kier molecular flexibility index (Phi) is 6.03. The molecule has 1 aromatic heterocycles. The second-order valence-electron chi connectivity index (χ2n) is 4.65. The van der Waals surface area contributed by atoms with Crippen LogP contribution in [0.2, 0.25) is 0 Å². The van der Waals surface area contributed by atoms with Crippen LogP contribution in [0, 0.1) is 0 Å². The van der Waals surface area contributed by atoms with Crippen molar-refractivity contribution in [2.24, 2.45) is 0 Å². The van der Waals surface area contributed by atoms with Crippen LogP contribution in [0.15, 0.2) is 42.6 Å². The summed E-state index contributed by atoms with van der Waals surface area (Å²) in [7, 11) is 0. The van der Waals surface area contributed by atoms with Gasteiger partial charge in [0, 0.05) is 18.3 Å². The molecule has 0 saturated carbocycles. The minimum absolute atomic E-state index is 0.644. The van der Waals surface area contributed by atoms with E-state index in [0.717, 1.165) is 36.6 Å². The van der Waals surface area contributed by atoms with Gasteiger partial charge in [-0.05, 0) is 50.2 Å². The van der Waals surface area contributed by atoms with Crippen LogP contribution in [0.3, 0.4) is 0 Å². The highest BCUT2D eigenvalue weighted by Gasteiger charge is 2.06. The van der Waals surface area contributed by atoms with Crippen LogP contribution in [0.1, 0.15) is 25.8 Å². The van der Waals surface area contributed by atoms with Crippen molar-refractivity contribution in [2.45, 2.75) is 26.8 Å². The third kappa shape index (κ3) is 4.76. The lowest BCUT2D eigenvalue weighted by Crippen LogP contribution is -2.14. The van der Waals surface area contributed by atoms with Gasteiger partial charge in [0.1, 0.15) is 11.5 Å². The summed E-state index contributed by atoms with van der Waals surface area (Å²) in [5, 5.41) is 3.36. The minimum atomic E-state index is 0.644. The maximum Gasteiger partial charge on any atom is 0.223 e. The maximum atomic E-state index is 5.87. The van der Waals surface area contributed by atoms with Gasteiger partial charge in [-0.2, -0.15) is 0 Å². The van der Waals surface area contributed by atoms with Gasteiger partial charge in [-0.1, -0.05) is 13.0 Å². The van der Waals surface area contributed by atoms with E-state index in [1.807, 2.05) is 43.3 Å². The Labute approximate surface area is 126 Å². The molecule has 0 aliphatic rings. The first-order chi connectivity index (χ1) is 10.3. The molecule has 112 valence electrons. The molecule has 4 heteroatoms. The van der Waals surface area contributed by atoms with Crippen molar-refractivity contribution in [1.82, 2.24) is 10.3 Å². The average molecular weight is 286 g/mol. The average Bonchev–Trinajstić information content (AvgIpc) is 2.51. The molecule has 0 aliphatic carbocycles. The third-order valence-electron chi connectivity index (χ3n) is 2.94. The second-order valence-corrected chi connectivity index (χ2v) is 4.65. The van der Waals surface area contributed by atoms with Crippen molar-refractivity contribution in [2.75, 3.05) is 13.2 Å². The normalized spacial score (nSPS) is 10.4. The van der Waals surface area contributed by atoms with E-state index in [-0.39, 0.29) is 0 Å². The fourth-order valence-corrected chi connectivity index (χ4v) is 1.93. The summed E-state index contributed by atoms with van der Waals surface area (Å²) in [6.07, 6.45) is 2.85. The van der Waals surface area contributed by atoms with Crippen LogP contribution in [-0.2, 0) is 6.54 Å². The lowest BCUT2D eigenvalue weighted by atomic mass is 10.2. The number of pyridine rings is 1. The number of aromatic nitrogens is 1. The van der Waals surface area contributed by atoms with Gasteiger partial charge in [-0.25, -0.2) is 4.98 Å². The quantitative estimate of drug-likeness (QED) is 0.750. The number of nitrogens with zero attached hydrogens (tertiary/aromatic N) is 1. The Hall–Kier alpha value is -2.07. The summed E-state index contributed by atoms with van der Waals surface area (Å²) in [4.78, 5) is 4.32. The van der Waals surface area contributed by atoms with Crippen LogP contribution in [-0.4, -0.2) is 18.1 Å². The Morgan fingerprint density at radius 1 is 1.05 bits per heavy atom. The predicted octanol–water partition coefficient (Wildman–Crippen LogP) is 3.77. The molecule has 0 bridgehead atoms. The van der Waals surface area contributed by atoms with Crippen LogP contribution in [0.5, 0.6) is 17.4 Å². The summed E-state index contributed by atoms with van der Waals surface area (Å²) < 4.78 is 11.3. The first-order valence-electron chi connectivity index (χ1n) is 7.38. The zero-order chi connectivity index (χ0) is 14.9. The van der Waals surface area contributed by atoms with Crippen molar-refractivity contribution < 1.29 is 9.47 Å². The largest absolute Gasteiger partial charge is 0.494 e. The molecule has 21 heavy (non-hydrogen) atoms. The Balaban J connectivity index is 2.04. The smallest absolute Gasteiger partial charge is 0.223 e. The first kappa shape index (κ1) is 15.3. The van der Waals surface area contributed by atoms with Gasteiger partial charge >= 0.3 is 0 Å². The number of rotatable bonds is 8. The minimum Gasteiger partial charge on any atom is -0.494 e. The molecular weight excluding hydrogens is 264 g/mol. The van der Waals surface area contributed by atoms with Gasteiger partial charge in [0.2, 0.25) is 5.88 Å². The van der Waals surface area contributed by atoms with Gasteiger partial charge in [0.25, 0.3) is 0 Å². The first-order valence-corrected chi connectivity index (χ1v) is 7.38. The van der Waals surface area contributed by atoms with Crippen molar-refractivity contribution in [3.05, 3.63) is 48.2 Å². The predicted molar refractivity (Wildman–Crippen MR) is 83.9 cm³/mol. The Morgan fingerprint density at radius 3 is 2.52 bits per heavy atom. The maximum absolute atomic E-state index is 5.87. The standard InChI is InChI=1S/C17H22N2O2/c1-3-11-18-13-14-6-5-12-19-17(14)21-16-9-7-15(8-10-16)20-4-2/h5-10,12,18H,3-4,11,13H2,1-2H3. The van der Waals surface area contributed by atoms with Crippen LogP contribution in [0.25, 0.3) is 0 Å². The molecule has 2 aromatic rings. The molecule has 4 nitrogen and oxygen atoms in total. The molecule has 1 heterocycles. The van der Waals surface area contributed by atoms with Crippen LogP contribution < -0.4 is 14.8 Å². The van der Waals surface area contributed by atoms with Crippen molar-refractivity contribution in [3.63, 3.8) is 0 Å². The van der Waals surface area contributed by atoms with Gasteiger partial charge < -0.3 is 14.8 Å². The molecule has 0 unspecified atom stereocenters. The molecule has 0 amide bonds. The van der Waals surface area contributed by atoms with Crippen molar-refractivity contribution >= 4 is 0 Å². The van der Waals surface area contributed by atoms with E-state index in [2.05, 4.69) is 17.2 Å². The van der Waals surface area contributed by atoms with Gasteiger partial charge in [-0.15, -0.1) is 0 Å². The lowest BCUT2D eigenvalue weighted by Gasteiger charge is -2.11. The molecule has 0 aliphatic heterocycles. The molecule has 1 N–H and O–H groups in total. The number of benzene rings is 1. The van der Waals surface area contributed by atoms with E-state index in [1.54, 1.807) is 6.20 Å². The highest BCUT2D eigenvalue weighted by Crippen LogP contribution is 2.24.